The van der Waals surface area contributed by atoms with Gasteiger partial charge >= 0.3 is 0 Å². The molecule has 0 aliphatic rings. The Labute approximate surface area is 197 Å². The summed E-state index contributed by atoms with van der Waals surface area (Å²) >= 11 is 6.60. The predicted octanol–water partition coefficient (Wildman–Crippen LogP) is 4.73. The fraction of sp³-hybridized carbons (Fsp3) is 0.292. The number of benzene rings is 1. The van der Waals surface area contributed by atoms with Crippen molar-refractivity contribution >= 4 is 23.3 Å². The van der Waals surface area contributed by atoms with E-state index in [4.69, 9.17) is 11.6 Å². The summed E-state index contributed by atoms with van der Waals surface area (Å²) in [5.41, 5.74) is 3.65. The van der Waals surface area contributed by atoms with Gasteiger partial charge in [-0.3, -0.25) is 4.79 Å². The molecule has 3 heterocycles. The van der Waals surface area contributed by atoms with E-state index >= 15 is 0 Å². The highest BCUT2D eigenvalue weighted by Gasteiger charge is 2.25. The molecule has 3 aromatic heterocycles. The summed E-state index contributed by atoms with van der Waals surface area (Å²) in [6.07, 6.45) is 3.25. The lowest BCUT2D eigenvalue weighted by atomic mass is 9.92. The van der Waals surface area contributed by atoms with E-state index in [0.29, 0.717) is 29.6 Å². The third kappa shape index (κ3) is 4.80. The SMILES string of the molecule is Cc1ccc(Cn2nc(C)c(C(=O)Nc3cc(C(C)(C)C)nn3-c3ncccn3)c2Cl)cc1. The van der Waals surface area contributed by atoms with Gasteiger partial charge in [-0.05, 0) is 25.5 Å². The van der Waals surface area contributed by atoms with Crippen molar-refractivity contribution in [2.45, 2.75) is 46.6 Å². The topological polar surface area (TPSA) is 90.5 Å². The molecule has 4 rings (SSSR count). The zero-order valence-electron chi connectivity index (χ0n) is 19.3. The monoisotopic (exact) mass is 463 g/mol. The van der Waals surface area contributed by atoms with Crippen molar-refractivity contribution in [2.75, 3.05) is 5.32 Å². The second-order valence-electron chi connectivity index (χ2n) is 8.97. The molecule has 4 aromatic rings. The van der Waals surface area contributed by atoms with Crippen LogP contribution in [-0.4, -0.2) is 35.4 Å². The number of amides is 1. The van der Waals surface area contributed by atoms with Crippen LogP contribution in [0, 0.1) is 13.8 Å². The van der Waals surface area contributed by atoms with Crippen molar-refractivity contribution in [1.82, 2.24) is 29.5 Å². The lowest BCUT2D eigenvalue weighted by Crippen LogP contribution is -2.17. The van der Waals surface area contributed by atoms with E-state index in [-0.39, 0.29) is 16.5 Å². The molecule has 9 heteroatoms. The molecule has 1 amide bonds. The smallest absolute Gasteiger partial charge is 0.261 e. The largest absolute Gasteiger partial charge is 0.306 e. The van der Waals surface area contributed by atoms with Gasteiger partial charge in [0, 0.05) is 23.9 Å². The molecule has 0 bridgehead atoms. The quantitative estimate of drug-likeness (QED) is 0.462. The van der Waals surface area contributed by atoms with Gasteiger partial charge in [-0.1, -0.05) is 62.2 Å². The zero-order chi connectivity index (χ0) is 23.8. The first kappa shape index (κ1) is 22.7. The number of nitrogens with one attached hydrogen (secondary N) is 1. The van der Waals surface area contributed by atoms with E-state index in [1.165, 1.54) is 10.2 Å². The molecule has 0 spiro atoms. The maximum Gasteiger partial charge on any atom is 0.261 e. The van der Waals surface area contributed by atoms with Crippen molar-refractivity contribution in [3.8, 4) is 5.95 Å². The number of aromatic nitrogens is 6. The number of halogens is 1. The van der Waals surface area contributed by atoms with Crippen LogP contribution in [0.15, 0.2) is 48.8 Å². The molecule has 1 N–H and O–H groups in total. The first-order chi connectivity index (χ1) is 15.6. The Hall–Kier alpha value is -3.52. The number of carbonyl (C=O) groups is 1. The molecule has 0 saturated carbocycles. The summed E-state index contributed by atoms with van der Waals surface area (Å²) < 4.78 is 3.16. The number of nitrogens with zero attached hydrogens (tertiary/aromatic N) is 6. The number of aryl methyl sites for hydroxylation is 2. The molecule has 170 valence electrons. The normalized spacial score (nSPS) is 11.6. The van der Waals surface area contributed by atoms with E-state index in [1.54, 1.807) is 30.1 Å². The number of carbonyl (C=O) groups excluding carboxylic acids is 1. The number of hydrogen-bond donors (Lipinski definition) is 1. The van der Waals surface area contributed by atoms with E-state index in [2.05, 4.69) is 25.5 Å². The van der Waals surface area contributed by atoms with Gasteiger partial charge in [0.25, 0.3) is 11.9 Å². The molecule has 0 unspecified atom stereocenters. The lowest BCUT2D eigenvalue weighted by Gasteiger charge is -2.13. The van der Waals surface area contributed by atoms with Gasteiger partial charge in [-0.2, -0.15) is 14.9 Å². The minimum Gasteiger partial charge on any atom is -0.306 e. The number of rotatable bonds is 5. The van der Waals surface area contributed by atoms with Crippen LogP contribution in [0.4, 0.5) is 5.82 Å². The molecular weight excluding hydrogens is 438 g/mol. The Kier molecular flexibility index (Phi) is 6.03. The summed E-state index contributed by atoms with van der Waals surface area (Å²) in [6.45, 7) is 10.4. The van der Waals surface area contributed by atoms with Gasteiger partial charge < -0.3 is 5.32 Å². The molecule has 0 radical (unpaired) electrons. The van der Waals surface area contributed by atoms with Crippen LogP contribution < -0.4 is 5.32 Å². The predicted molar refractivity (Wildman–Crippen MR) is 128 cm³/mol. The summed E-state index contributed by atoms with van der Waals surface area (Å²) in [4.78, 5) is 21.8. The number of hydrogen-bond acceptors (Lipinski definition) is 5. The Morgan fingerprint density at radius 3 is 2.36 bits per heavy atom. The average molecular weight is 464 g/mol. The van der Waals surface area contributed by atoms with Gasteiger partial charge in [-0.25, -0.2) is 14.6 Å². The molecule has 1 aromatic carbocycles. The minimum atomic E-state index is -0.370. The third-order valence-corrected chi connectivity index (χ3v) is 5.59. The van der Waals surface area contributed by atoms with Crippen LogP contribution >= 0.6 is 11.6 Å². The molecule has 33 heavy (non-hydrogen) atoms. The lowest BCUT2D eigenvalue weighted by molar-refractivity contribution is 0.102. The molecule has 0 saturated heterocycles. The molecular formula is C24H26ClN7O. The van der Waals surface area contributed by atoms with Crippen molar-refractivity contribution in [3.05, 3.63) is 82.0 Å². The summed E-state index contributed by atoms with van der Waals surface area (Å²) in [6, 6.07) is 11.7. The fourth-order valence-electron chi connectivity index (χ4n) is 3.35. The second-order valence-corrected chi connectivity index (χ2v) is 9.33. The first-order valence-electron chi connectivity index (χ1n) is 10.6. The van der Waals surface area contributed by atoms with Gasteiger partial charge in [0.15, 0.2) is 0 Å². The first-order valence-corrected chi connectivity index (χ1v) is 11.0. The van der Waals surface area contributed by atoms with Crippen molar-refractivity contribution in [3.63, 3.8) is 0 Å². The zero-order valence-corrected chi connectivity index (χ0v) is 20.1. The van der Waals surface area contributed by atoms with Gasteiger partial charge in [0.1, 0.15) is 11.0 Å². The van der Waals surface area contributed by atoms with Gasteiger partial charge in [-0.15, -0.1) is 0 Å². The molecule has 0 aliphatic heterocycles. The van der Waals surface area contributed by atoms with Crippen LogP contribution in [0.3, 0.4) is 0 Å². The van der Waals surface area contributed by atoms with Crippen LogP contribution in [0.2, 0.25) is 5.15 Å². The van der Waals surface area contributed by atoms with Gasteiger partial charge in [0.2, 0.25) is 0 Å². The Morgan fingerprint density at radius 2 is 1.73 bits per heavy atom. The maximum absolute atomic E-state index is 13.3. The standard InChI is InChI=1S/C24H26ClN7O/c1-15-7-9-17(10-8-15)14-31-21(25)20(16(2)29-31)22(33)28-19-13-18(24(3,4)5)30-32(19)23-26-11-6-12-27-23/h6-13H,14H2,1-5H3,(H,28,33). The average Bonchev–Trinajstić information content (AvgIpc) is 3.31. The summed E-state index contributed by atoms with van der Waals surface area (Å²) in [7, 11) is 0. The Balaban J connectivity index is 1.65. The number of anilines is 1. The van der Waals surface area contributed by atoms with Crippen LogP contribution in [0.1, 0.15) is 53.6 Å². The van der Waals surface area contributed by atoms with Crippen molar-refractivity contribution in [2.24, 2.45) is 0 Å². The third-order valence-electron chi connectivity index (χ3n) is 5.21. The van der Waals surface area contributed by atoms with Crippen LogP contribution in [0.5, 0.6) is 0 Å². The maximum atomic E-state index is 13.3. The van der Waals surface area contributed by atoms with E-state index < -0.39 is 0 Å². The van der Waals surface area contributed by atoms with Crippen molar-refractivity contribution in [1.29, 1.82) is 0 Å². The van der Waals surface area contributed by atoms with Gasteiger partial charge in [0.05, 0.1) is 23.5 Å². The Bertz CT molecular complexity index is 1290. The fourth-order valence-corrected chi connectivity index (χ4v) is 3.67. The molecule has 0 fully saturated rings. The summed E-state index contributed by atoms with van der Waals surface area (Å²) in [5, 5.41) is 12.3. The molecule has 0 atom stereocenters. The van der Waals surface area contributed by atoms with E-state index in [9.17, 15) is 4.79 Å². The highest BCUT2D eigenvalue weighted by molar-refractivity contribution is 6.33. The second kappa shape index (κ2) is 8.78. The van der Waals surface area contributed by atoms with E-state index in [1.807, 2.05) is 58.0 Å². The Morgan fingerprint density at radius 1 is 1.06 bits per heavy atom. The minimum absolute atomic E-state index is 0.230. The van der Waals surface area contributed by atoms with Crippen LogP contribution in [0.25, 0.3) is 5.95 Å². The molecule has 0 aliphatic carbocycles. The highest BCUT2D eigenvalue weighted by atomic mass is 35.5. The van der Waals surface area contributed by atoms with E-state index in [0.717, 1.165) is 11.3 Å². The van der Waals surface area contributed by atoms with Crippen molar-refractivity contribution < 1.29 is 4.79 Å². The van der Waals surface area contributed by atoms with Crippen LogP contribution in [-0.2, 0) is 12.0 Å². The summed E-state index contributed by atoms with van der Waals surface area (Å²) in [5.74, 6) is 0.448. The highest BCUT2D eigenvalue weighted by Crippen LogP contribution is 2.27. The molecule has 8 nitrogen and oxygen atoms in total.